The molecule has 1 heterocycles. The molecule has 1 saturated heterocycles. The summed E-state index contributed by atoms with van der Waals surface area (Å²) in [6, 6.07) is 0. The van der Waals surface area contributed by atoms with Crippen molar-refractivity contribution in [2.24, 2.45) is 17.3 Å². The minimum atomic E-state index is -0.590. The van der Waals surface area contributed by atoms with E-state index in [1.165, 1.54) is 7.11 Å². The largest absolute Gasteiger partial charge is 0.468 e. The van der Waals surface area contributed by atoms with Gasteiger partial charge in [0.05, 0.1) is 13.7 Å². The van der Waals surface area contributed by atoms with Crippen molar-refractivity contribution in [2.45, 2.75) is 39.6 Å². The Morgan fingerprint density at radius 3 is 2.19 bits per heavy atom. The van der Waals surface area contributed by atoms with Crippen LogP contribution in [0.4, 0.5) is 0 Å². The molecule has 0 aromatic rings. The van der Waals surface area contributed by atoms with Gasteiger partial charge in [0.2, 0.25) is 0 Å². The zero-order chi connectivity index (χ0) is 12.1. The first-order valence-corrected chi connectivity index (χ1v) is 5.76. The smallest absolute Gasteiger partial charge is 0.315 e. The Morgan fingerprint density at radius 2 is 1.88 bits per heavy atom. The lowest BCUT2D eigenvalue weighted by Gasteiger charge is -2.23. The van der Waals surface area contributed by atoms with Crippen molar-refractivity contribution >= 4 is 5.97 Å². The molecule has 4 nitrogen and oxygen atoms in total. The number of methoxy groups -OCH3 is 1. The predicted molar refractivity (Wildman–Crippen MR) is 57.7 cm³/mol. The van der Waals surface area contributed by atoms with Crippen molar-refractivity contribution in [1.82, 2.24) is 0 Å². The second-order valence-electron chi connectivity index (χ2n) is 5.32. The predicted octanol–water partition coefficient (Wildman–Crippen LogP) is 1.58. The molecule has 0 aromatic carbocycles. The maximum atomic E-state index is 12.0. The van der Waals surface area contributed by atoms with Crippen molar-refractivity contribution in [1.29, 1.82) is 0 Å². The summed E-state index contributed by atoms with van der Waals surface area (Å²) in [6.45, 7) is 8.34. The monoisotopic (exact) mass is 228 g/mol. The van der Waals surface area contributed by atoms with Crippen LogP contribution in [0.25, 0.3) is 0 Å². The van der Waals surface area contributed by atoms with E-state index >= 15 is 0 Å². The highest BCUT2D eigenvalue weighted by Gasteiger charge is 2.71. The van der Waals surface area contributed by atoms with Gasteiger partial charge in [0, 0.05) is 0 Å². The molecule has 1 aliphatic heterocycles. The molecule has 0 bridgehead atoms. The number of carbonyl (C=O) groups excluding carboxylic acids is 1. The molecule has 2 aliphatic rings. The Hall–Kier alpha value is -0.610. The zero-order valence-corrected chi connectivity index (χ0v) is 10.6. The van der Waals surface area contributed by atoms with Crippen LogP contribution in [0.3, 0.4) is 0 Å². The standard InChI is InChI=1S/C12H20O4/c1-7-8(2)12(7,10(13)14-5)9-6-15-11(3,4)16-9/h7-9H,6H2,1-5H3/t7-,8?,9+,12?/m1/s1. The van der Waals surface area contributed by atoms with E-state index in [0.29, 0.717) is 18.4 Å². The molecule has 2 rings (SSSR count). The lowest BCUT2D eigenvalue weighted by molar-refractivity contribution is -0.167. The van der Waals surface area contributed by atoms with Crippen LogP contribution in [-0.2, 0) is 19.0 Å². The molecule has 0 aromatic heterocycles. The summed E-state index contributed by atoms with van der Waals surface area (Å²) < 4.78 is 16.3. The number of rotatable bonds is 2. The topological polar surface area (TPSA) is 44.8 Å². The molecule has 0 N–H and O–H groups in total. The lowest BCUT2D eigenvalue weighted by atomic mass is 9.95. The Bertz CT molecular complexity index is 302. The fourth-order valence-corrected chi connectivity index (χ4v) is 3.00. The molecular formula is C12H20O4. The lowest BCUT2D eigenvalue weighted by Crippen LogP contribution is -2.37. The highest BCUT2D eigenvalue weighted by Crippen LogP contribution is 2.63. The fourth-order valence-electron chi connectivity index (χ4n) is 3.00. The summed E-state index contributed by atoms with van der Waals surface area (Å²) in [4.78, 5) is 12.0. The molecule has 16 heavy (non-hydrogen) atoms. The fraction of sp³-hybridized carbons (Fsp3) is 0.917. The van der Waals surface area contributed by atoms with Crippen LogP contribution in [-0.4, -0.2) is 31.6 Å². The van der Waals surface area contributed by atoms with E-state index in [9.17, 15) is 4.79 Å². The Labute approximate surface area is 96.2 Å². The maximum absolute atomic E-state index is 12.0. The molecule has 4 heteroatoms. The van der Waals surface area contributed by atoms with Gasteiger partial charge < -0.3 is 14.2 Å². The number of ether oxygens (including phenoxy) is 3. The minimum absolute atomic E-state index is 0.168. The molecule has 4 atom stereocenters. The van der Waals surface area contributed by atoms with Gasteiger partial charge in [-0.15, -0.1) is 0 Å². The Balaban J connectivity index is 2.21. The van der Waals surface area contributed by atoms with E-state index in [4.69, 9.17) is 14.2 Å². The van der Waals surface area contributed by atoms with E-state index in [-0.39, 0.29) is 12.1 Å². The van der Waals surface area contributed by atoms with Gasteiger partial charge in [-0.1, -0.05) is 13.8 Å². The van der Waals surface area contributed by atoms with E-state index < -0.39 is 11.2 Å². The normalized spacial score (nSPS) is 45.4. The molecule has 0 spiro atoms. The van der Waals surface area contributed by atoms with Gasteiger partial charge in [-0.2, -0.15) is 0 Å². The van der Waals surface area contributed by atoms with Crippen LogP contribution >= 0.6 is 0 Å². The first-order chi connectivity index (χ1) is 7.36. The van der Waals surface area contributed by atoms with Crippen LogP contribution < -0.4 is 0 Å². The average molecular weight is 228 g/mol. The summed E-state index contributed by atoms with van der Waals surface area (Å²) in [5, 5.41) is 0. The SMILES string of the molecule is COC(=O)C1([C@@H]2COC(C)(C)O2)C(C)[C@H]1C. The Kier molecular flexibility index (Phi) is 2.55. The van der Waals surface area contributed by atoms with Crippen molar-refractivity contribution in [3.8, 4) is 0 Å². The van der Waals surface area contributed by atoms with Crippen molar-refractivity contribution < 1.29 is 19.0 Å². The van der Waals surface area contributed by atoms with Crippen molar-refractivity contribution in [3.05, 3.63) is 0 Å². The van der Waals surface area contributed by atoms with Gasteiger partial charge in [0.15, 0.2) is 5.79 Å². The molecule has 92 valence electrons. The van der Waals surface area contributed by atoms with Crippen LogP contribution in [0.2, 0.25) is 0 Å². The molecule has 0 amide bonds. The average Bonchev–Trinajstić information content (AvgIpc) is 2.58. The van der Waals surface area contributed by atoms with E-state index in [1.54, 1.807) is 0 Å². The van der Waals surface area contributed by atoms with Crippen molar-refractivity contribution in [2.75, 3.05) is 13.7 Å². The highest BCUT2D eigenvalue weighted by atomic mass is 16.7. The number of carbonyl (C=O) groups is 1. The number of esters is 1. The molecule has 1 aliphatic carbocycles. The van der Waals surface area contributed by atoms with E-state index in [2.05, 4.69) is 13.8 Å². The molecule has 2 fully saturated rings. The van der Waals surface area contributed by atoms with Gasteiger partial charge in [-0.05, 0) is 25.7 Å². The molecule has 2 unspecified atom stereocenters. The summed E-state index contributed by atoms with van der Waals surface area (Å²) in [5.74, 6) is -0.169. The molecule has 0 radical (unpaired) electrons. The Morgan fingerprint density at radius 1 is 1.31 bits per heavy atom. The first-order valence-electron chi connectivity index (χ1n) is 5.76. The van der Waals surface area contributed by atoms with Gasteiger partial charge in [-0.3, -0.25) is 4.79 Å². The molecular weight excluding hydrogens is 208 g/mol. The first kappa shape index (κ1) is 11.9. The zero-order valence-electron chi connectivity index (χ0n) is 10.6. The van der Waals surface area contributed by atoms with Crippen LogP contribution in [0.1, 0.15) is 27.7 Å². The minimum Gasteiger partial charge on any atom is -0.468 e. The second-order valence-corrected chi connectivity index (χ2v) is 5.32. The van der Waals surface area contributed by atoms with E-state index in [0.717, 1.165) is 0 Å². The number of hydrogen-bond acceptors (Lipinski definition) is 4. The third-order valence-electron chi connectivity index (χ3n) is 4.23. The van der Waals surface area contributed by atoms with Crippen LogP contribution in [0.15, 0.2) is 0 Å². The van der Waals surface area contributed by atoms with Crippen LogP contribution in [0.5, 0.6) is 0 Å². The van der Waals surface area contributed by atoms with Gasteiger partial charge >= 0.3 is 5.97 Å². The number of hydrogen-bond donors (Lipinski definition) is 0. The summed E-state index contributed by atoms with van der Waals surface area (Å²) in [5.41, 5.74) is -0.497. The highest BCUT2D eigenvalue weighted by molar-refractivity contribution is 5.82. The summed E-state index contributed by atoms with van der Waals surface area (Å²) in [6.07, 6.45) is -0.181. The summed E-state index contributed by atoms with van der Waals surface area (Å²) in [7, 11) is 1.43. The van der Waals surface area contributed by atoms with Crippen molar-refractivity contribution in [3.63, 3.8) is 0 Å². The van der Waals surface area contributed by atoms with Gasteiger partial charge in [0.25, 0.3) is 0 Å². The third kappa shape index (κ3) is 1.39. The maximum Gasteiger partial charge on any atom is 0.315 e. The quantitative estimate of drug-likeness (QED) is 0.673. The van der Waals surface area contributed by atoms with Gasteiger partial charge in [-0.25, -0.2) is 0 Å². The molecule has 1 saturated carbocycles. The van der Waals surface area contributed by atoms with E-state index in [1.807, 2.05) is 13.8 Å². The van der Waals surface area contributed by atoms with Gasteiger partial charge in [0.1, 0.15) is 11.5 Å². The summed E-state index contributed by atoms with van der Waals surface area (Å²) >= 11 is 0. The second kappa shape index (κ2) is 3.44. The van der Waals surface area contributed by atoms with Crippen LogP contribution in [0, 0.1) is 17.3 Å². The third-order valence-corrected chi connectivity index (χ3v) is 4.23.